The molecule has 0 amide bonds. The molecular weight excluding hydrogens is 262 g/mol. The topological polar surface area (TPSA) is 47.0 Å². The van der Waals surface area contributed by atoms with Crippen molar-refractivity contribution >= 4 is 17.5 Å². The Hall–Kier alpha value is -1.29. The molecule has 0 unspecified atom stereocenters. The predicted molar refractivity (Wildman–Crippen MR) is 79.9 cm³/mol. The first-order valence-electron chi connectivity index (χ1n) is 6.67. The Morgan fingerprint density at radius 3 is 2.84 bits per heavy atom. The van der Waals surface area contributed by atoms with E-state index in [4.69, 9.17) is 16.3 Å². The first-order chi connectivity index (χ1) is 9.11. The maximum Gasteiger partial charge on any atom is 0.226 e. The molecule has 106 valence electrons. The second-order valence-corrected chi connectivity index (χ2v) is 5.00. The lowest BCUT2D eigenvalue weighted by atomic mass is 10.2. The van der Waals surface area contributed by atoms with Crippen LogP contribution in [0.5, 0.6) is 5.88 Å². The molecule has 0 bridgehead atoms. The van der Waals surface area contributed by atoms with Crippen LogP contribution in [0.25, 0.3) is 0 Å². The third kappa shape index (κ3) is 7.01. The van der Waals surface area contributed by atoms with Gasteiger partial charge >= 0.3 is 0 Å². The number of nitrogens with one attached hydrogen (secondary N) is 1. The first kappa shape index (κ1) is 15.8. The Balaban J connectivity index is 2.46. The van der Waals surface area contributed by atoms with Gasteiger partial charge < -0.3 is 10.1 Å². The highest BCUT2D eigenvalue weighted by molar-refractivity contribution is 6.29. The number of anilines is 1. The van der Waals surface area contributed by atoms with Gasteiger partial charge in [0, 0.05) is 23.3 Å². The molecule has 19 heavy (non-hydrogen) atoms. The molecule has 0 aliphatic carbocycles. The minimum Gasteiger partial charge on any atom is -0.472 e. The molecular formula is C14H22ClN3O. The van der Waals surface area contributed by atoms with E-state index in [1.165, 1.54) is 19.3 Å². The fraction of sp³-hybridized carbons (Fsp3) is 0.571. The van der Waals surface area contributed by atoms with Crippen LogP contribution in [0.2, 0.25) is 0 Å². The van der Waals surface area contributed by atoms with Crippen molar-refractivity contribution in [2.75, 3.05) is 18.5 Å². The third-order valence-corrected chi connectivity index (χ3v) is 2.63. The molecule has 1 heterocycles. The van der Waals surface area contributed by atoms with Gasteiger partial charge in [-0.3, -0.25) is 0 Å². The van der Waals surface area contributed by atoms with Crippen molar-refractivity contribution < 1.29 is 4.74 Å². The summed E-state index contributed by atoms with van der Waals surface area (Å²) in [5, 5.41) is 3.66. The minimum absolute atomic E-state index is 0.258. The van der Waals surface area contributed by atoms with Crippen LogP contribution in [0.4, 0.5) is 5.95 Å². The maximum atomic E-state index is 5.66. The zero-order valence-corrected chi connectivity index (χ0v) is 12.5. The number of nitrogens with zero attached hydrogens (tertiary/aromatic N) is 2. The molecule has 0 spiro atoms. The van der Waals surface area contributed by atoms with Crippen molar-refractivity contribution in [2.45, 2.75) is 39.5 Å². The molecule has 0 radical (unpaired) electrons. The Morgan fingerprint density at radius 1 is 1.37 bits per heavy atom. The predicted octanol–water partition coefficient (Wildman–Crippen LogP) is 3.91. The molecule has 0 aromatic carbocycles. The summed E-state index contributed by atoms with van der Waals surface area (Å²) in [5.74, 6) is 1.12. The summed E-state index contributed by atoms with van der Waals surface area (Å²) >= 11 is 5.66. The van der Waals surface area contributed by atoms with E-state index in [9.17, 15) is 0 Å². The fourth-order valence-electron chi connectivity index (χ4n) is 1.60. The lowest BCUT2D eigenvalue weighted by molar-refractivity contribution is 0.344. The Labute approximate surface area is 120 Å². The normalized spacial score (nSPS) is 10.3. The fourth-order valence-corrected chi connectivity index (χ4v) is 1.65. The van der Waals surface area contributed by atoms with Gasteiger partial charge in [0.15, 0.2) is 0 Å². The molecule has 5 heteroatoms. The van der Waals surface area contributed by atoms with Crippen LogP contribution >= 0.6 is 11.6 Å². The van der Waals surface area contributed by atoms with E-state index in [-0.39, 0.29) is 6.61 Å². The zero-order valence-electron chi connectivity index (χ0n) is 11.7. The van der Waals surface area contributed by atoms with Crippen molar-refractivity contribution in [3.05, 3.63) is 23.4 Å². The van der Waals surface area contributed by atoms with Gasteiger partial charge in [0.1, 0.15) is 6.61 Å². The van der Waals surface area contributed by atoms with Crippen molar-refractivity contribution in [3.8, 4) is 5.88 Å². The van der Waals surface area contributed by atoms with E-state index in [0.717, 1.165) is 18.7 Å². The van der Waals surface area contributed by atoms with Crippen LogP contribution in [-0.2, 0) is 0 Å². The largest absolute Gasteiger partial charge is 0.472 e. The van der Waals surface area contributed by atoms with E-state index in [2.05, 4.69) is 28.8 Å². The smallest absolute Gasteiger partial charge is 0.226 e. The SMILES string of the molecule is C=C(Cl)COc1cc(C)nc(NCCCCCC)n1. The number of unbranched alkanes of at least 4 members (excludes halogenated alkanes) is 3. The van der Waals surface area contributed by atoms with Crippen molar-refractivity contribution in [2.24, 2.45) is 0 Å². The van der Waals surface area contributed by atoms with Gasteiger partial charge in [0.25, 0.3) is 0 Å². The zero-order chi connectivity index (χ0) is 14.1. The monoisotopic (exact) mass is 283 g/mol. The second kappa shape index (κ2) is 8.75. The lowest BCUT2D eigenvalue weighted by Gasteiger charge is -2.09. The number of aromatic nitrogens is 2. The van der Waals surface area contributed by atoms with Gasteiger partial charge in [-0.25, -0.2) is 4.98 Å². The highest BCUT2D eigenvalue weighted by atomic mass is 35.5. The molecule has 0 aliphatic heterocycles. The quantitative estimate of drug-likeness (QED) is 0.698. The second-order valence-electron chi connectivity index (χ2n) is 4.46. The van der Waals surface area contributed by atoms with Gasteiger partial charge in [-0.1, -0.05) is 44.4 Å². The molecule has 0 saturated carbocycles. The highest BCUT2D eigenvalue weighted by Gasteiger charge is 2.03. The molecule has 1 N–H and O–H groups in total. The summed E-state index contributed by atoms with van der Waals surface area (Å²) in [6.07, 6.45) is 4.86. The number of rotatable bonds is 9. The molecule has 0 atom stereocenters. The number of ether oxygens (including phenoxy) is 1. The van der Waals surface area contributed by atoms with Gasteiger partial charge in [0.2, 0.25) is 11.8 Å². The standard InChI is InChI=1S/C14H22ClN3O/c1-4-5-6-7-8-16-14-17-12(3)9-13(18-14)19-10-11(2)15/h9H,2,4-8,10H2,1,3H3,(H,16,17,18). The van der Waals surface area contributed by atoms with Crippen LogP contribution < -0.4 is 10.1 Å². The van der Waals surface area contributed by atoms with Crippen molar-refractivity contribution in [1.29, 1.82) is 0 Å². The van der Waals surface area contributed by atoms with E-state index in [0.29, 0.717) is 16.9 Å². The van der Waals surface area contributed by atoms with E-state index >= 15 is 0 Å². The molecule has 1 rings (SSSR count). The summed E-state index contributed by atoms with van der Waals surface area (Å²) in [6.45, 7) is 8.82. The molecule has 1 aromatic rings. The first-order valence-corrected chi connectivity index (χ1v) is 7.05. The van der Waals surface area contributed by atoms with Crippen LogP contribution in [0.15, 0.2) is 17.7 Å². The van der Waals surface area contributed by atoms with E-state index < -0.39 is 0 Å². The lowest BCUT2D eigenvalue weighted by Crippen LogP contribution is -2.08. The molecule has 0 aliphatic rings. The van der Waals surface area contributed by atoms with Crippen LogP contribution in [0.1, 0.15) is 38.3 Å². The number of hydrogen-bond donors (Lipinski definition) is 1. The number of aryl methyl sites for hydroxylation is 1. The van der Waals surface area contributed by atoms with Gasteiger partial charge in [-0.05, 0) is 13.3 Å². The molecule has 0 saturated heterocycles. The highest BCUT2D eigenvalue weighted by Crippen LogP contribution is 2.13. The average Bonchev–Trinajstić information content (AvgIpc) is 2.35. The Morgan fingerprint density at radius 2 is 2.16 bits per heavy atom. The van der Waals surface area contributed by atoms with Crippen molar-refractivity contribution in [1.82, 2.24) is 9.97 Å². The minimum atomic E-state index is 0.258. The average molecular weight is 284 g/mol. The number of halogens is 1. The van der Waals surface area contributed by atoms with Crippen LogP contribution in [0, 0.1) is 6.92 Å². The van der Waals surface area contributed by atoms with Gasteiger partial charge in [-0.15, -0.1) is 0 Å². The summed E-state index contributed by atoms with van der Waals surface area (Å²) in [5.41, 5.74) is 0.862. The Kier molecular flexibility index (Phi) is 7.26. The van der Waals surface area contributed by atoms with Gasteiger partial charge in [-0.2, -0.15) is 4.98 Å². The molecule has 1 aromatic heterocycles. The molecule has 0 fully saturated rings. The summed E-state index contributed by atoms with van der Waals surface area (Å²) in [4.78, 5) is 8.60. The van der Waals surface area contributed by atoms with Gasteiger partial charge in [0.05, 0.1) is 0 Å². The number of hydrogen-bond acceptors (Lipinski definition) is 4. The van der Waals surface area contributed by atoms with Crippen LogP contribution in [-0.4, -0.2) is 23.1 Å². The van der Waals surface area contributed by atoms with Crippen LogP contribution in [0.3, 0.4) is 0 Å². The third-order valence-electron chi connectivity index (χ3n) is 2.52. The maximum absolute atomic E-state index is 5.66. The molecule has 4 nitrogen and oxygen atoms in total. The van der Waals surface area contributed by atoms with E-state index in [1.54, 1.807) is 6.07 Å². The summed E-state index contributed by atoms with van der Waals surface area (Å²) < 4.78 is 5.41. The van der Waals surface area contributed by atoms with Crippen molar-refractivity contribution in [3.63, 3.8) is 0 Å². The van der Waals surface area contributed by atoms with E-state index in [1.807, 2.05) is 6.92 Å². The summed E-state index contributed by atoms with van der Waals surface area (Å²) in [7, 11) is 0. The summed E-state index contributed by atoms with van der Waals surface area (Å²) in [6, 6.07) is 1.78. The Bertz CT molecular complexity index is 410.